The fourth-order valence-electron chi connectivity index (χ4n) is 9.01. The van der Waals surface area contributed by atoms with Crippen molar-refractivity contribution in [1.82, 2.24) is 9.80 Å². The van der Waals surface area contributed by atoms with E-state index in [1.807, 2.05) is 12.2 Å². The molecule has 0 aliphatic carbocycles. The van der Waals surface area contributed by atoms with Gasteiger partial charge in [-0.1, -0.05) is 37.8 Å². The highest BCUT2D eigenvalue weighted by atomic mass is 16.4. The molecule has 0 amide bonds. The highest BCUT2D eigenvalue weighted by molar-refractivity contribution is 5.73. The second-order valence-electron chi connectivity index (χ2n) is 15.2. The second kappa shape index (κ2) is 13.1. The highest BCUT2D eigenvalue weighted by Crippen LogP contribution is 2.58. The summed E-state index contributed by atoms with van der Waals surface area (Å²) in [5.41, 5.74) is -1.66. The third-order valence-electron chi connectivity index (χ3n) is 10.3. The van der Waals surface area contributed by atoms with E-state index in [1.54, 1.807) is 0 Å². The van der Waals surface area contributed by atoms with E-state index in [-0.39, 0.29) is 40.4 Å². The smallest absolute Gasteiger partial charge is 0.0481 e. The fourth-order valence-corrected chi connectivity index (χ4v) is 9.01. The molecule has 2 fully saturated rings. The van der Waals surface area contributed by atoms with E-state index >= 15 is 0 Å². The number of piperidine rings is 2. The molecule has 2 aliphatic rings. The number of carbonyl (C=O) groups is 2. The van der Waals surface area contributed by atoms with E-state index in [0.29, 0.717) is 12.8 Å². The van der Waals surface area contributed by atoms with Gasteiger partial charge in [0.25, 0.3) is 0 Å². The lowest BCUT2D eigenvalue weighted by Gasteiger charge is -2.64. The lowest BCUT2D eigenvalue weighted by atomic mass is 9.52. The molecule has 0 aromatic rings. The van der Waals surface area contributed by atoms with Crippen molar-refractivity contribution in [2.75, 3.05) is 13.1 Å². The SMILES string of the molecule is C=CCN1C(C)(C)CC(C(CCCCCCCC(=O)[O-])(C(=O)[O-])C2CC(C)(C)N(CC=C)C(C)(C)C2)CC1(C)C. The summed E-state index contributed by atoms with van der Waals surface area (Å²) in [5.74, 6) is -1.91. The van der Waals surface area contributed by atoms with Gasteiger partial charge in [-0.25, -0.2) is 0 Å². The summed E-state index contributed by atoms with van der Waals surface area (Å²) in [7, 11) is 0. The predicted molar refractivity (Wildman–Crippen MR) is 160 cm³/mol. The number of aliphatic carboxylic acids is 2. The summed E-state index contributed by atoms with van der Waals surface area (Å²) >= 11 is 0. The average Bonchev–Trinajstić information content (AvgIpc) is 2.79. The quantitative estimate of drug-likeness (QED) is 0.205. The summed E-state index contributed by atoms with van der Waals surface area (Å²) in [6.07, 6.45) is 11.9. The molecular formula is C34H58N2O4-2. The molecule has 6 heteroatoms. The Kier molecular flexibility index (Phi) is 11.3. The number of carbonyl (C=O) groups excluding carboxylic acids is 2. The first-order chi connectivity index (χ1) is 18.4. The number of rotatable bonds is 15. The van der Waals surface area contributed by atoms with Gasteiger partial charge in [0.15, 0.2) is 0 Å². The molecule has 2 saturated heterocycles. The van der Waals surface area contributed by atoms with E-state index in [1.165, 1.54) is 0 Å². The van der Waals surface area contributed by atoms with Crippen LogP contribution in [0.4, 0.5) is 0 Å². The Morgan fingerprint density at radius 1 is 0.700 bits per heavy atom. The zero-order valence-electron chi connectivity index (χ0n) is 26.9. The highest BCUT2D eigenvalue weighted by Gasteiger charge is 2.58. The van der Waals surface area contributed by atoms with E-state index < -0.39 is 17.4 Å². The van der Waals surface area contributed by atoms with Crippen molar-refractivity contribution in [2.24, 2.45) is 17.3 Å². The van der Waals surface area contributed by atoms with E-state index in [2.05, 4.69) is 78.3 Å². The molecule has 230 valence electrons. The van der Waals surface area contributed by atoms with Crippen LogP contribution >= 0.6 is 0 Å². The first-order valence-corrected chi connectivity index (χ1v) is 15.6. The summed E-state index contributed by atoms with van der Waals surface area (Å²) < 4.78 is 0. The van der Waals surface area contributed by atoms with Gasteiger partial charge in [-0.05, 0) is 112 Å². The van der Waals surface area contributed by atoms with Gasteiger partial charge in [-0.15, -0.1) is 13.2 Å². The van der Waals surface area contributed by atoms with Crippen LogP contribution in [0.1, 0.15) is 126 Å². The number of unbranched alkanes of at least 4 members (excludes halogenated alkanes) is 4. The Morgan fingerprint density at radius 3 is 1.38 bits per heavy atom. The molecule has 0 N–H and O–H groups in total. The van der Waals surface area contributed by atoms with Crippen LogP contribution in [0, 0.1) is 17.3 Å². The first-order valence-electron chi connectivity index (χ1n) is 15.6. The van der Waals surface area contributed by atoms with Gasteiger partial charge in [0.2, 0.25) is 0 Å². The second-order valence-corrected chi connectivity index (χ2v) is 15.2. The minimum Gasteiger partial charge on any atom is -0.550 e. The molecule has 0 saturated carbocycles. The number of nitrogens with zero attached hydrogens (tertiary/aromatic N) is 2. The summed E-state index contributed by atoms with van der Waals surface area (Å²) in [4.78, 5) is 29.4. The van der Waals surface area contributed by atoms with Crippen molar-refractivity contribution in [3.8, 4) is 0 Å². The van der Waals surface area contributed by atoms with Crippen LogP contribution in [0.3, 0.4) is 0 Å². The number of hydrogen-bond donors (Lipinski definition) is 0. The van der Waals surface area contributed by atoms with Crippen molar-refractivity contribution in [3.63, 3.8) is 0 Å². The maximum Gasteiger partial charge on any atom is 0.0481 e. The molecular weight excluding hydrogens is 500 g/mol. The van der Waals surface area contributed by atoms with Gasteiger partial charge in [0.1, 0.15) is 0 Å². The van der Waals surface area contributed by atoms with Crippen molar-refractivity contribution in [2.45, 2.75) is 148 Å². The maximum atomic E-state index is 13.7. The van der Waals surface area contributed by atoms with Crippen molar-refractivity contribution >= 4 is 11.9 Å². The van der Waals surface area contributed by atoms with E-state index in [9.17, 15) is 19.8 Å². The lowest BCUT2D eigenvalue weighted by molar-refractivity contribution is -0.330. The Hall–Kier alpha value is -1.66. The zero-order chi connectivity index (χ0) is 30.6. The van der Waals surface area contributed by atoms with Crippen molar-refractivity contribution in [3.05, 3.63) is 25.3 Å². The normalized spacial score (nSPS) is 23.5. The van der Waals surface area contributed by atoms with Gasteiger partial charge < -0.3 is 19.8 Å². The van der Waals surface area contributed by atoms with Gasteiger partial charge in [0.05, 0.1) is 0 Å². The monoisotopic (exact) mass is 558 g/mol. The zero-order valence-corrected chi connectivity index (χ0v) is 26.9. The van der Waals surface area contributed by atoms with Gasteiger partial charge in [-0.3, -0.25) is 9.80 Å². The van der Waals surface area contributed by atoms with Crippen LogP contribution in [0.5, 0.6) is 0 Å². The molecule has 2 aliphatic heterocycles. The molecule has 0 radical (unpaired) electrons. The molecule has 0 bridgehead atoms. The first kappa shape index (κ1) is 34.5. The predicted octanol–water partition coefficient (Wildman–Crippen LogP) is 5.11. The number of carboxylic acid groups (broad SMARTS) is 2. The van der Waals surface area contributed by atoms with Crippen LogP contribution in [-0.2, 0) is 9.59 Å². The van der Waals surface area contributed by atoms with E-state index in [4.69, 9.17) is 0 Å². The summed E-state index contributed by atoms with van der Waals surface area (Å²) in [6, 6.07) is 0. The van der Waals surface area contributed by atoms with Crippen molar-refractivity contribution in [1.29, 1.82) is 0 Å². The van der Waals surface area contributed by atoms with Crippen LogP contribution < -0.4 is 10.2 Å². The molecule has 2 rings (SSSR count). The summed E-state index contributed by atoms with van der Waals surface area (Å²) in [6.45, 7) is 27.6. The molecule has 0 unspecified atom stereocenters. The number of carboxylic acids is 2. The van der Waals surface area contributed by atoms with Crippen LogP contribution in [0.25, 0.3) is 0 Å². The molecule has 6 nitrogen and oxygen atoms in total. The molecule has 2 heterocycles. The largest absolute Gasteiger partial charge is 0.550 e. The Balaban J connectivity index is 2.49. The van der Waals surface area contributed by atoms with Gasteiger partial charge in [0, 0.05) is 52.6 Å². The molecule has 0 spiro atoms. The van der Waals surface area contributed by atoms with Gasteiger partial charge in [-0.2, -0.15) is 0 Å². The van der Waals surface area contributed by atoms with Crippen LogP contribution in [0.2, 0.25) is 0 Å². The Labute approximate surface area is 245 Å². The minimum atomic E-state index is -1.00. The average molecular weight is 559 g/mol. The molecule has 0 atom stereocenters. The Morgan fingerprint density at radius 2 is 1.05 bits per heavy atom. The molecule has 40 heavy (non-hydrogen) atoms. The standard InChI is InChI=1S/C34H60N2O4/c1-11-20-35-30(3,4)22-26(23-31(35,5)6)34(29(39)40,19-17-15-13-14-16-18-28(37)38)27-24-32(7,8)36(21-12-2)33(9,10)25-27/h11-12,26-27H,1-2,13-25H2,3-10H3,(H,37,38)(H,39,40)/p-2. The molecule has 0 aromatic heterocycles. The van der Waals surface area contributed by atoms with Crippen LogP contribution in [0.15, 0.2) is 25.3 Å². The maximum absolute atomic E-state index is 13.7. The number of likely N-dealkylation sites (tertiary alicyclic amines) is 2. The number of hydrogen-bond acceptors (Lipinski definition) is 6. The van der Waals surface area contributed by atoms with Gasteiger partial charge >= 0.3 is 0 Å². The van der Waals surface area contributed by atoms with Crippen LogP contribution in [-0.4, -0.2) is 57.0 Å². The molecule has 0 aromatic carbocycles. The third kappa shape index (κ3) is 7.59. The topological polar surface area (TPSA) is 86.7 Å². The lowest BCUT2D eigenvalue weighted by Crippen LogP contribution is -2.68. The Bertz CT molecular complexity index is 818. The minimum absolute atomic E-state index is 0.01000. The fraction of sp³-hybridized carbons (Fsp3) is 0.824. The summed E-state index contributed by atoms with van der Waals surface area (Å²) in [5, 5.41) is 24.5. The third-order valence-corrected chi connectivity index (χ3v) is 10.3. The van der Waals surface area contributed by atoms with Crippen molar-refractivity contribution < 1.29 is 19.8 Å². The van der Waals surface area contributed by atoms with E-state index in [0.717, 1.165) is 64.5 Å².